The summed E-state index contributed by atoms with van der Waals surface area (Å²) >= 11 is 0. The number of hydrogen-bond acceptors (Lipinski definition) is 2. The first-order valence-electron chi connectivity index (χ1n) is 4.31. The van der Waals surface area contributed by atoms with E-state index in [2.05, 4.69) is 13.8 Å². The van der Waals surface area contributed by atoms with Gasteiger partial charge in [0, 0.05) is 6.42 Å². The highest BCUT2D eigenvalue weighted by Gasteiger charge is 2.34. The zero-order valence-corrected chi connectivity index (χ0v) is 8.60. The first-order chi connectivity index (χ1) is 5.35. The van der Waals surface area contributed by atoms with E-state index in [1.807, 2.05) is 19.9 Å². The molecule has 0 aromatic carbocycles. The Morgan fingerprint density at radius 2 is 1.92 bits per heavy atom. The molecule has 2 nitrogen and oxygen atoms in total. The topological polar surface area (TPSA) is 18.5 Å². The minimum absolute atomic E-state index is 0.108. The lowest BCUT2D eigenvalue weighted by Gasteiger charge is -2.39. The van der Waals surface area contributed by atoms with E-state index in [0.717, 1.165) is 12.2 Å². The van der Waals surface area contributed by atoms with Crippen molar-refractivity contribution in [1.82, 2.24) is 0 Å². The van der Waals surface area contributed by atoms with Crippen molar-refractivity contribution in [2.45, 2.75) is 45.3 Å². The van der Waals surface area contributed by atoms with Crippen LogP contribution in [0.25, 0.3) is 0 Å². The number of methoxy groups -OCH3 is 1. The van der Waals surface area contributed by atoms with Gasteiger partial charge >= 0.3 is 0 Å². The van der Waals surface area contributed by atoms with Gasteiger partial charge in [-0.25, -0.2) is 0 Å². The van der Waals surface area contributed by atoms with Crippen LogP contribution in [0.3, 0.4) is 0 Å². The summed E-state index contributed by atoms with van der Waals surface area (Å²) in [5.74, 6) is 1.02. The van der Waals surface area contributed by atoms with E-state index in [9.17, 15) is 0 Å². The molecule has 0 fully saturated rings. The Balaban J connectivity index is 2.86. The highest BCUT2D eigenvalue weighted by Crippen LogP contribution is 2.33. The Kier molecular flexibility index (Phi) is 2.21. The minimum Gasteiger partial charge on any atom is -0.501 e. The van der Waals surface area contributed by atoms with Gasteiger partial charge in [0.15, 0.2) is 0 Å². The molecular formula is C10H18O2. The SMILES string of the molecule is COC1=CC(C)(C)OC(C)(C)C1. The van der Waals surface area contributed by atoms with Gasteiger partial charge in [-0.3, -0.25) is 0 Å². The molecule has 0 aromatic rings. The second-order valence-corrected chi connectivity index (χ2v) is 4.46. The summed E-state index contributed by atoms with van der Waals surface area (Å²) in [6.45, 7) is 8.27. The van der Waals surface area contributed by atoms with Crippen molar-refractivity contribution in [3.8, 4) is 0 Å². The molecular weight excluding hydrogens is 152 g/mol. The zero-order valence-electron chi connectivity index (χ0n) is 8.60. The van der Waals surface area contributed by atoms with Crippen molar-refractivity contribution in [3.05, 3.63) is 11.8 Å². The van der Waals surface area contributed by atoms with E-state index in [0.29, 0.717) is 0 Å². The molecule has 70 valence electrons. The molecule has 0 radical (unpaired) electrons. The summed E-state index contributed by atoms with van der Waals surface area (Å²) in [6.07, 6.45) is 2.89. The fraction of sp³-hybridized carbons (Fsp3) is 0.800. The van der Waals surface area contributed by atoms with Crippen LogP contribution < -0.4 is 0 Å². The summed E-state index contributed by atoms with van der Waals surface area (Å²) < 4.78 is 11.1. The van der Waals surface area contributed by atoms with Crippen molar-refractivity contribution < 1.29 is 9.47 Å². The van der Waals surface area contributed by atoms with Gasteiger partial charge in [0.05, 0.1) is 24.1 Å². The summed E-state index contributed by atoms with van der Waals surface area (Å²) in [6, 6.07) is 0. The van der Waals surface area contributed by atoms with Crippen LogP contribution in [-0.2, 0) is 9.47 Å². The predicted molar refractivity (Wildman–Crippen MR) is 49.0 cm³/mol. The molecule has 1 rings (SSSR count). The highest BCUT2D eigenvalue weighted by atomic mass is 16.5. The van der Waals surface area contributed by atoms with Crippen LogP contribution >= 0.6 is 0 Å². The molecule has 0 atom stereocenters. The van der Waals surface area contributed by atoms with Gasteiger partial charge in [-0.05, 0) is 33.8 Å². The van der Waals surface area contributed by atoms with Crippen LogP contribution in [0.15, 0.2) is 11.8 Å². The summed E-state index contributed by atoms with van der Waals surface area (Å²) in [7, 11) is 1.71. The summed E-state index contributed by atoms with van der Waals surface area (Å²) in [4.78, 5) is 0. The molecule has 0 saturated heterocycles. The molecule has 0 amide bonds. The number of rotatable bonds is 1. The lowest BCUT2D eigenvalue weighted by Crippen LogP contribution is -2.40. The first kappa shape index (κ1) is 9.59. The first-order valence-corrected chi connectivity index (χ1v) is 4.31. The van der Waals surface area contributed by atoms with Crippen LogP contribution in [0, 0.1) is 0 Å². The Hall–Kier alpha value is -0.500. The molecule has 1 aliphatic rings. The van der Waals surface area contributed by atoms with Gasteiger partial charge in [0.25, 0.3) is 0 Å². The van der Waals surface area contributed by atoms with E-state index in [-0.39, 0.29) is 11.2 Å². The molecule has 0 aliphatic carbocycles. The third-order valence-electron chi connectivity index (χ3n) is 1.91. The highest BCUT2D eigenvalue weighted by molar-refractivity contribution is 5.11. The van der Waals surface area contributed by atoms with Crippen LogP contribution in [0.2, 0.25) is 0 Å². The van der Waals surface area contributed by atoms with Gasteiger partial charge < -0.3 is 9.47 Å². The molecule has 0 aromatic heterocycles. The van der Waals surface area contributed by atoms with Crippen molar-refractivity contribution in [3.63, 3.8) is 0 Å². The summed E-state index contributed by atoms with van der Waals surface area (Å²) in [5.41, 5.74) is -0.309. The van der Waals surface area contributed by atoms with Crippen molar-refractivity contribution in [1.29, 1.82) is 0 Å². The molecule has 1 aliphatic heterocycles. The quantitative estimate of drug-likeness (QED) is 0.602. The normalized spacial score (nSPS) is 26.2. The lowest BCUT2D eigenvalue weighted by molar-refractivity contribution is -0.114. The maximum atomic E-state index is 5.84. The molecule has 0 bridgehead atoms. The second-order valence-electron chi connectivity index (χ2n) is 4.46. The van der Waals surface area contributed by atoms with Gasteiger partial charge in [0.2, 0.25) is 0 Å². The van der Waals surface area contributed by atoms with Crippen molar-refractivity contribution in [2.24, 2.45) is 0 Å². The van der Waals surface area contributed by atoms with Crippen LogP contribution in [-0.4, -0.2) is 18.3 Å². The third-order valence-corrected chi connectivity index (χ3v) is 1.91. The van der Waals surface area contributed by atoms with Crippen LogP contribution in [0.5, 0.6) is 0 Å². The van der Waals surface area contributed by atoms with E-state index in [1.165, 1.54) is 0 Å². The largest absolute Gasteiger partial charge is 0.501 e. The van der Waals surface area contributed by atoms with Crippen molar-refractivity contribution >= 4 is 0 Å². The maximum Gasteiger partial charge on any atom is 0.0972 e. The molecule has 0 spiro atoms. The monoisotopic (exact) mass is 170 g/mol. The Labute approximate surface area is 74.6 Å². The van der Waals surface area contributed by atoms with E-state index < -0.39 is 0 Å². The Bertz CT molecular complexity index is 202. The standard InChI is InChI=1S/C10H18O2/c1-9(2)6-8(11-5)7-10(3,4)12-9/h6H,7H2,1-5H3. The van der Waals surface area contributed by atoms with E-state index >= 15 is 0 Å². The average molecular weight is 170 g/mol. The zero-order chi connectivity index (χ0) is 9.41. The minimum atomic E-state index is -0.201. The molecule has 0 saturated carbocycles. The average Bonchev–Trinajstić information content (AvgIpc) is 1.80. The Morgan fingerprint density at radius 3 is 2.33 bits per heavy atom. The molecule has 0 unspecified atom stereocenters. The summed E-state index contributed by atoms with van der Waals surface area (Å²) in [5, 5.41) is 0. The van der Waals surface area contributed by atoms with Gasteiger partial charge in [-0.1, -0.05) is 0 Å². The molecule has 1 heterocycles. The maximum absolute atomic E-state index is 5.84. The van der Waals surface area contributed by atoms with Crippen LogP contribution in [0.4, 0.5) is 0 Å². The second kappa shape index (κ2) is 2.77. The number of hydrogen-bond donors (Lipinski definition) is 0. The smallest absolute Gasteiger partial charge is 0.0972 e. The fourth-order valence-electron chi connectivity index (χ4n) is 1.77. The molecule has 12 heavy (non-hydrogen) atoms. The van der Waals surface area contributed by atoms with Gasteiger partial charge in [-0.15, -0.1) is 0 Å². The predicted octanol–water partition coefficient (Wildman–Crippen LogP) is 2.49. The van der Waals surface area contributed by atoms with Gasteiger partial charge in [0.1, 0.15) is 0 Å². The van der Waals surface area contributed by atoms with E-state index in [1.54, 1.807) is 7.11 Å². The van der Waals surface area contributed by atoms with Crippen LogP contribution in [0.1, 0.15) is 34.1 Å². The molecule has 0 N–H and O–H groups in total. The lowest BCUT2D eigenvalue weighted by atomic mass is 9.94. The van der Waals surface area contributed by atoms with Crippen molar-refractivity contribution in [2.75, 3.05) is 7.11 Å². The molecule has 2 heteroatoms. The number of ether oxygens (including phenoxy) is 2. The van der Waals surface area contributed by atoms with Gasteiger partial charge in [-0.2, -0.15) is 0 Å². The fourth-order valence-corrected chi connectivity index (χ4v) is 1.77. The van der Waals surface area contributed by atoms with E-state index in [4.69, 9.17) is 9.47 Å². The third kappa shape index (κ3) is 2.24. The Morgan fingerprint density at radius 1 is 1.33 bits per heavy atom.